The van der Waals surface area contributed by atoms with Crippen LogP contribution < -0.4 is 10.6 Å². The number of rotatable bonds is 11. The standard InChI is InChI=1S/C24H35F2N3O4/c1-3-5-6-33-19-12-20(27-13-19)23(31)21(9-15-7-17(25)11-18(26)8-15)28-24(32)16-10-22(30)29(4-2)14-16/h7-8,11,16,19-21,23,27,31H,3-6,9-10,12-14H2,1-2H3,(H,28,32)/t16?,19-,20-,21+,23-/m1/s1. The van der Waals surface area contributed by atoms with E-state index in [4.69, 9.17) is 4.74 Å². The normalized spacial score (nSPS) is 24.8. The molecule has 0 radical (unpaired) electrons. The summed E-state index contributed by atoms with van der Waals surface area (Å²) in [6.45, 7) is 6.04. The second kappa shape index (κ2) is 11.9. The highest BCUT2D eigenvalue weighted by atomic mass is 19.1. The van der Waals surface area contributed by atoms with E-state index in [1.165, 1.54) is 12.1 Å². The number of carbonyl (C=O) groups excluding carboxylic acids is 2. The molecular formula is C24H35F2N3O4. The number of hydrogen-bond donors (Lipinski definition) is 3. The van der Waals surface area contributed by atoms with Crippen LogP contribution in [0.5, 0.6) is 0 Å². The summed E-state index contributed by atoms with van der Waals surface area (Å²) in [6.07, 6.45) is 1.70. The lowest BCUT2D eigenvalue weighted by Gasteiger charge is -2.29. The second-order valence-electron chi connectivity index (χ2n) is 9.02. The van der Waals surface area contributed by atoms with E-state index in [9.17, 15) is 23.5 Å². The van der Waals surface area contributed by atoms with Crippen LogP contribution in [0.1, 0.15) is 45.1 Å². The summed E-state index contributed by atoms with van der Waals surface area (Å²) in [5.41, 5.74) is 0.336. The van der Waals surface area contributed by atoms with E-state index in [0.717, 1.165) is 18.9 Å². The van der Waals surface area contributed by atoms with Crippen LogP contribution >= 0.6 is 0 Å². The Morgan fingerprint density at radius 2 is 2.03 bits per heavy atom. The quantitative estimate of drug-likeness (QED) is 0.432. The average Bonchev–Trinajstić information content (AvgIpc) is 3.38. The third-order valence-corrected chi connectivity index (χ3v) is 6.47. The Morgan fingerprint density at radius 3 is 2.67 bits per heavy atom. The van der Waals surface area contributed by atoms with Crippen LogP contribution in [0.3, 0.4) is 0 Å². The Balaban J connectivity index is 1.70. The molecule has 2 amide bonds. The third-order valence-electron chi connectivity index (χ3n) is 6.47. The fraction of sp³-hybridized carbons (Fsp3) is 0.667. The Morgan fingerprint density at radius 1 is 1.30 bits per heavy atom. The number of carbonyl (C=O) groups is 2. The van der Waals surface area contributed by atoms with E-state index >= 15 is 0 Å². The topological polar surface area (TPSA) is 90.9 Å². The molecule has 2 aliphatic rings. The Bertz CT molecular complexity index is 805. The highest BCUT2D eigenvalue weighted by Gasteiger charge is 2.38. The van der Waals surface area contributed by atoms with Crippen molar-refractivity contribution in [1.82, 2.24) is 15.5 Å². The second-order valence-corrected chi connectivity index (χ2v) is 9.02. The zero-order valence-corrected chi connectivity index (χ0v) is 19.4. The van der Waals surface area contributed by atoms with E-state index in [0.29, 0.717) is 38.2 Å². The molecule has 3 N–H and O–H groups in total. The third kappa shape index (κ3) is 6.94. The van der Waals surface area contributed by atoms with E-state index < -0.39 is 29.7 Å². The van der Waals surface area contributed by atoms with Gasteiger partial charge in [-0.1, -0.05) is 13.3 Å². The van der Waals surface area contributed by atoms with Gasteiger partial charge in [-0.2, -0.15) is 0 Å². The number of nitrogens with zero attached hydrogens (tertiary/aromatic N) is 1. The number of halogens is 2. The molecule has 5 atom stereocenters. The molecule has 33 heavy (non-hydrogen) atoms. The van der Waals surface area contributed by atoms with Crippen molar-refractivity contribution in [2.24, 2.45) is 5.92 Å². The maximum atomic E-state index is 13.8. The van der Waals surface area contributed by atoms with Crippen LogP contribution in [0, 0.1) is 17.6 Å². The van der Waals surface area contributed by atoms with Crippen molar-refractivity contribution in [3.05, 3.63) is 35.4 Å². The number of likely N-dealkylation sites (tertiary alicyclic amines) is 1. The zero-order valence-electron chi connectivity index (χ0n) is 19.4. The number of aliphatic hydroxyl groups is 1. The van der Waals surface area contributed by atoms with Crippen molar-refractivity contribution in [3.8, 4) is 0 Å². The maximum Gasteiger partial charge on any atom is 0.225 e. The van der Waals surface area contributed by atoms with Gasteiger partial charge in [0.25, 0.3) is 0 Å². The molecule has 0 saturated carbocycles. The first-order valence-electron chi connectivity index (χ1n) is 11.9. The highest BCUT2D eigenvalue weighted by Crippen LogP contribution is 2.22. The van der Waals surface area contributed by atoms with Crippen molar-refractivity contribution in [2.45, 2.75) is 70.2 Å². The minimum absolute atomic E-state index is 0.0373. The Kier molecular flexibility index (Phi) is 9.17. The molecule has 2 fully saturated rings. The molecule has 9 heteroatoms. The number of nitrogens with one attached hydrogen (secondary N) is 2. The number of ether oxygens (including phenoxy) is 1. The molecule has 1 aromatic carbocycles. The summed E-state index contributed by atoms with van der Waals surface area (Å²) in [6, 6.07) is 2.07. The van der Waals surface area contributed by atoms with Gasteiger partial charge in [0, 0.05) is 44.8 Å². The van der Waals surface area contributed by atoms with Crippen LogP contribution in [0.2, 0.25) is 0 Å². The number of hydrogen-bond acceptors (Lipinski definition) is 5. The first kappa shape index (κ1) is 25.5. The van der Waals surface area contributed by atoms with Crippen molar-refractivity contribution in [3.63, 3.8) is 0 Å². The number of amides is 2. The fourth-order valence-corrected chi connectivity index (χ4v) is 4.59. The van der Waals surface area contributed by atoms with Crippen molar-refractivity contribution in [2.75, 3.05) is 26.2 Å². The summed E-state index contributed by atoms with van der Waals surface area (Å²) in [5, 5.41) is 17.3. The highest BCUT2D eigenvalue weighted by molar-refractivity contribution is 5.89. The molecule has 0 spiro atoms. The first-order chi connectivity index (χ1) is 15.8. The number of benzene rings is 1. The van der Waals surface area contributed by atoms with Crippen LogP contribution in [-0.4, -0.2) is 72.4 Å². The minimum Gasteiger partial charge on any atom is -0.389 e. The molecule has 2 aliphatic heterocycles. The van der Waals surface area contributed by atoms with Gasteiger partial charge >= 0.3 is 0 Å². The first-order valence-corrected chi connectivity index (χ1v) is 11.9. The van der Waals surface area contributed by atoms with Crippen molar-refractivity contribution in [1.29, 1.82) is 0 Å². The fourth-order valence-electron chi connectivity index (χ4n) is 4.59. The van der Waals surface area contributed by atoms with Gasteiger partial charge in [0.2, 0.25) is 11.8 Å². The molecule has 3 rings (SSSR count). The maximum absolute atomic E-state index is 13.8. The molecule has 2 heterocycles. The van der Waals surface area contributed by atoms with Crippen LogP contribution in [-0.2, 0) is 20.7 Å². The van der Waals surface area contributed by atoms with Gasteiger partial charge in [-0.05, 0) is 43.9 Å². The molecule has 7 nitrogen and oxygen atoms in total. The van der Waals surface area contributed by atoms with Gasteiger partial charge in [-0.3, -0.25) is 9.59 Å². The molecule has 2 saturated heterocycles. The Labute approximate surface area is 193 Å². The van der Waals surface area contributed by atoms with Crippen molar-refractivity contribution < 1.29 is 28.2 Å². The summed E-state index contributed by atoms with van der Waals surface area (Å²) in [5.74, 6) is -2.36. The predicted octanol–water partition coefficient (Wildman–Crippen LogP) is 1.77. The van der Waals surface area contributed by atoms with Gasteiger partial charge < -0.3 is 25.4 Å². The van der Waals surface area contributed by atoms with Gasteiger partial charge in [0.05, 0.1) is 24.2 Å². The minimum atomic E-state index is -1.00. The van der Waals surface area contributed by atoms with E-state index in [2.05, 4.69) is 17.6 Å². The predicted molar refractivity (Wildman–Crippen MR) is 119 cm³/mol. The summed E-state index contributed by atoms with van der Waals surface area (Å²) >= 11 is 0. The Hall–Kier alpha value is -2.10. The van der Waals surface area contributed by atoms with E-state index in [1.807, 2.05) is 6.92 Å². The molecule has 184 valence electrons. The molecule has 0 aliphatic carbocycles. The van der Waals surface area contributed by atoms with Gasteiger partial charge in [0.15, 0.2) is 0 Å². The van der Waals surface area contributed by atoms with E-state index in [-0.39, 0.29) is 36.8 Å². The van der Waals surface area contributed by atoms with Gasteiger partial charge in [-0.25, -0.2) is 8.78 Å². The van der Waals surface area contributed by atoms with Gasteiger partial charge in [-0.15, -0.1) is 0 Å². The summed E-state index contributed by atoms with van der Waals surface area (Å²) < 4.78 is 33.4. The lowest BCUT2D eigenvalue weighted by molar-refractivity contribution is -0.129. The smallest absolute Gasteiger partial charge is 0.225 e. The lowest BCUT2D eigenvalue weighted by atomic mass is 9.94. The van der Waals surface area contributed by atoms with E-state index in [1.54, 1.807) is 4.90 Å². The SMILES string of the molecule is CCCCO[C@H]1CN[C@@H]([C@@H](O)[C@H](Cc2cc(F)cc(F)c2)NC(=O)C2CC(=O)N(CC)C2)C1. The molecular weight excluding hydrogens is 432 g/mol. The molecule has 1 aromatic rings. The molecule has 1 unspecified atom stereocenters. The molecule has 0 bridgehead atoms. The lowest BCUT2D eigenvalue weighted by Crippen LogP contribution is -2.53. The van der Waals surface area contributed by atoms with Crippen LogP contribution in [0.15, 0.2) is 18.2 Å². The number of aliphatic hydroxyl groups excluding tert-OH is 1. The average molecular weight is 468 g/mol. The monoisotopic (exact) mass is 467 g/mol. The molecule has 0 aromatic heterocycles. The van der Waals surface area contributed by atoms with Gasteiger partial charge in [0.1, 0.15) is 11.6 Å². The van der Waals surface area contributed by atoms with Crippen molar-refractivity contribution >= 4 is 11.8 Å². The zero-order chi connectivity index (χ0) is 24.0. The number of unbranched alkanes of at least 4 members (excludes halogenated alkanes) is 1. The van der Waals surface area contributed by atoms with Crippen LogP contribution in [0.25, 0.3) is 0 Å². The van der Waals surface area contributed by atoms with Crippen LogP contribution in [0.4, 0.5) is 8.78 Å². The summed E-state index contributed by atoms with van der Waals surface area (Å²) in [7, 11) is 0. The summed E-state index contributed by atoms with van der Waals surface area (Å²) in [4.78, 5) is 26.6. The largest absolute Gasteiger partial charge is 0.389 e.